The van der Waals surface area contributed by atoms with E-state index in [2.05, 4.69) is 5.32 Å². The Balaban J connectivity index is 1.66. The van der Waals surface area contributed by atoms with E-state index in [-0.39, 0.29) is 37.0 Å². The maximum Gasteiger partial charge on any atom is 0.232 e. The number of amides is 1. The van der Waals surface area contributed by atoms with Crippen LogP contribution in [0.2, 0.25) is 0 Å². The van der Waals surface area contributed by atoms with Crippen molar-refractivity contribution in [1.29, 1.82) is 0 Å². The summed E-state index contributed by atoms with van der Waals surface area (Å²) >= 11 is 0. The molecule has 1 aliphatic rings. The normalized spacial score (nSPS) is 17.2. The predicted octanol–water partition coefficient (Wildman–Crippen LogP) is 4.24. The van der Waals surface area contributed by atoms with Crippen LogP contribution < -0.4 is 14.4 Å². The Morgan fingerprint density at radius 3 is 2.56 bits per heavy atom. The van der Waals surface area contributed by atoms with E-state index in [0.29, 0.717) is 6.42 Å². The van der Waals surface area contributed by atoms with E-state index in [1.54, 1.807) is 0 Å². The van der Waals surface area contributed by atoms with Gasteiger partial charge in [-0.1, -0.05) is 12.1 Å². The van der Waals surface area contributed by atoms with Crippen molar-refractivity contribution in [3.63, 3.8) is 0 Å². The summed E-state index contributed by atoms with van der Waals surface area (Å²) in [6, 6.07) is 8.54. The number of anilines is 1. The third kappa shape index (κ3) is 5.76. The lowest BCUT2D eigenvalue weighted by Crippen LogP contribution is -2.41. The molecular weight excluding hydrogens is 438 g/mol. The molecule has 174 valence electrons. The standard InChI is InChI=1S/C23H28F2N2O4S/c1-15-7-9-17-20(14-23(2,3)31-21(17)12-15)26-22(28)6-5-11-27(32(4,29)30)16-8-10-18(24)19(25)13-16/h7-10,12-13,20H,5-6,11,14H2,1-4H3,(H,26,28)/t20-/m0/s1. The Labute approximate surface area is 187 Å². The topological polar surface area (TPSA) is 75.7 Å². The molecule has 0 aliphatic carbocycles. The fraction of sp³-hybridized carbons (Fsp3) is 0.435. The van der Waals surface area contributed by atoms with Gasteiger partial charge in [-0.15, -0.1) is 0 Å². The van der Waals surface area contributed by atoms with Gasteiger partial charge in [0.05, 0.1) is 18.0 Å². The van der Waals surface area contributed by atoms with E-state index in [9.17, 15) is 22.0 Å². The summed E-state index contributed by atoms with van der Waals surface area (Å²) < 4.78 is 58.1. The summed E-state index contributed by atoms with van der Waals surface area (Å²) in [4.78, 5) is 12.6. The minimum atomic E-state index is -3.74. The molecule has 1 atom stereocenters. The third-order valence-electron chi connectivity index (χ3n) is 5.32. The van der Waals surface area contributed by atoms with Crippen LogP contribution in [-0.2, 0) is 14.8 Å². The summed E-state index contributed by atoms with van der Waals surface area (Å²) in [7, 11) is -3.74. The summed E-state index contributed by atoms with van der Waals surface area (Å²) in [6.45, 7) is 5.86. The molecule has 2 aromatic rings. The zero-order chi connectivity index (χ0) is 23.7. The van der Waals surface area contributed by atoms with Crippen LogP contribution in [-0.4, -0.2) is 32.7 Å². The lowest BCUT2D eigenvalue weighted by molar-refractivity contribution is -0.122. The van der Waals surface area contributed by atoms with Crippen molar-refractivity contribution >= 4 is 21.6 Å². The molecule has 1 aliphatic heterocycles. The number of halogens is 2. The molecule has 9 heteroatoms. The average Bonchev–Trinajstić information content (AvgIpc) is 2.65. The largest absolute Gasteiger partial charge is 0.487 e. The zero-order valence-electron chi connectivity index (χ0n) is 18.6. The molecule has 0 aromatic heterocycles. The summed E-state index contributed by atoms with van der Waals surface area (Å²) in [5.41, 5.74) is 1.54. The van der Waals surface area contributed by atoms with Crippen molar-refractivity contribution in [1.82, 2.24) is 5.32 Å². The Bertz CT molecular complexity index is 1120. The quantitative estimate of drug-likeness (QED) is 0.662. The Hall–Kier alpha value is -2.68. The van der Waals surface area contributed by atoms with E-state index in [1.165, 1.54) is 6.07 Å². The van der Waals surface area contributed by atoms with Gasteiger partial charge in [-0.25, -0.2) is 17.2 Å². The van der Waals surface area contributed by atoms with Crippen molar-refractivity contribution in [2.75, 3.05) is 17.1 Å². The second-order valence-corrected chi connectivity index (χ2v) is 10.7. The minimum Gasteiger partial charge on any atom is -0.487 e. The van der Waals surface area contributed by atoms with Gasteiger partial charge in [0, 0.05) is 31.0 Å². The molecule has 2 aromatic carbocycles. The summed E-state index contributed by atoms with van der Waals surface area (Å²) in [6.07, 6.45) is 1.87. The van der Waals surface area contributed by atoms with Gasteiger partial charge in [-0.3, -0.25) is 9.10 Å². The number of hydrogen-bond donors (Lipinski definition) is 1. The second kappa shape index (κ2) is 9.05. The van der Waals surface area contributed by atoms with Gasteiger partial charge in [0.25, 0.3) is 0 Å². The number of nitrogens with zero attached hydrogens (tertiary/aromatic N) is 1. The van der Waals surface area contributed by atoms with Crippen molar-refractivity contribution in [3.05, 3.63) is 59.2 Å². The molecule has 0 fully saturated rings. The highest BCUT2D eigenvalue weighted by atomic mass is 32.2. The van der Waals surface area contributed by atoms with E-state index in [1.807, 2.05) is 39.0 Å². The van der Waals surface area contributed by atoms with Crippen LogP contribution in [0.15, 0.2) is 36.4 Å². The van der Waals surface area contributed by atoms with Gasteiger partial charge in [-0.2, -0.15) is 0 Å². The van der Waals surface area contributed by atoms with Crippen LogP contribution in [0.25, 0.3) is 0 Å². The lowest BCUT2D eigenvalue weighted by Gasteiger charge is -2.38. The molecule has 0 saturated heterocycles. The number of nitrogens with one attached hydrogen (secondary N) is 1. The average molecular weight is 467 g/mol. The van der Waals surface area contributed by atoms with E-state index >= 15 is 0 Å². The first-order chi connectivity index (χ1) is 14.9. The van der Waals surface area contributed by atoms with Gasteiger partial charge in [0.15, 0.2) is 11.6 Å². The van der Waals surface area contributed by atoms with Crippen LogP contribution in [0.5, 0.6) is 5.75 Å². The first-order valence-electron chi connectivity index (χ1n) is 10.4. The highest BCUT2D eigenvalue weighted by molar-refractivity contribution is 7.92. The van der Waals surface area contributed by atoms with E-state index < -0.39 is 27.3 Å². The smallest absolute Gasteiger partial charge is 0.232 e. The number of rotatable bonds is 7. The fourth-order valence-corrected chi connectivity index (χ4v) is 4.82. The number of carbonyl (C=O) groups is 1. The molecule has 0 spiro atoms. The van der Waals surface area contributed by atoms with Gasteiger partial charge in [-0.05, 0) is 51.0 Å². The van der Waals surface area contributed by atoms with Gasteiger partial charge in [0.1, 0.15) is 11.4 Å². The molecule has 1 heterocycles. The third-order valence-corrected chi connectivity index (χ3v) is 6.51. The number of aryl methyl sites for hydroxylation is 1. The number of hydrogen-bond acceptors (Lipinski definition) is 4. The first kappa shape index (κ1) is 24.0. The molecule has 1 N–H and O–H groups in total. The molecule has 0 bridgehead atoms. The fourth-order valence-electron chi connectivity index (χ4n) is 3.86. The van der Waals surface area contributed by atoms with Gasteiger partial charge in [0.2, 0.25) is 15.9 Å². The molecule has 0 radical (unpaired) electrons. The summed E-state index contributed by atoms with van der Waals surface area (Å²) in [5, 5.41) is 3.02. The van der Waals surface area contributed by atoms with Crippen LogP contribution in [0.1, 0.15) is 50.3 Å². The monoisotopic (exact) mass is 466 g/mol. The number of carbonyl (C=O) groups excluding carboxylic acids is 1. The van der Waals surface area contributed by atoms with Crippen molar-refractivity contribution in [2.24, 2.45) is 0 Å². The number of fused-ring (bicyclic) bond motifs is 1. The Morgan fingerprint density at radius 2 is 1.91 bits per heavy atom. The Kier molecular flexibility index (Phi) is 6.78. The van der Waals surface area contributed by atoms with Crippen molar-refractivity contribution in [2.45, 2.75) is 51.7 Å². The number of sulfonamides is 1. The van der Waals surface area contributed by atoms with Crippen LogP contribution in [0, 0.1) is 18.6 Å². The van der Waals surface area contributed by atoms with Crippen LogP contribution in [0.3, 0.4) is 0 Å². The molecule has 1 amide bonds. The highest BCUT2D eigenvalue weighted by Crippen LogP contribution is 2.39. The summed E-state index contributed by atoms with van der Waals surface area (Å²) in [5.74, 6) is -1.67. The first-order valence-corrected chi connectivity index (χ1v) is 12.2. The maximum atomic E-state index is 13.6. The van der Waals surface area contributed by atoms with Crippen LogP contribution >= 0.6 is 0 Å². The van der Waals surface area contributed by atoms with Gasteiger partial charge >= 0.3 is 0 Å². The van der Waals surface area contributed by atoms with Crippen molar-refractivity contribution < 1.29 is 26.7 Å². The number of ether oxygens (including phenoxy) is 1. The predicted molar refractivity (Wildman–Crippen MR) is 119 cm³/mol. The lowest BCUT2D eigenvalue weighted by atomic mass is 9.89. The van der Waals surface area contributed by atoms with Crippen LogP contribution in [0.4, 0.5) is 14.5 Å². The second-order valence-electron chi connectivity index (χ2n) is 8.76. The maximum absolute atomic E-state index is 13.6. The molecular formula is C23H28F2N2O4S. The molecule has 0 unspecified atom stereocenters. The number of benzene rings is 2. The molecule has 6 nitrogen and oxygen atoms in total. The molecule has 32 heavy (non-hydrogen) atoms. The zero-order valence-corrected chi connectivity index (χ0v) is 19.4. The van der Waals surface area contributed by atoms with E-state index in [0.717, 1.165) is 39.6 Å². The molecule has 3 rings (SSSR count). The van der Waals surface area contributed by atoms with Crippen molar-refractivity contribution in [3.8, 4) is 5.75 Å². The SMILES string of the molecule is Cc1ccc2c(c1)OC(C)(C)C[C@@H]2NC(=O)CCCN(c1ccc(F)c(F)c1)S(C)(=O)=O. The minimum absolute atomic E-state index is 0.0160. The van der Waals surface area contributed by atoms with E-state index in [4.69, 9.17) is 4.74 Å². The van der Waals surface area contributed by atoms with Gasteiger partial charge < -0.3 is 10.1 Å². The highest BCUT2D eigenvalue weighted by Gasteiger charge is 2.34. The molecule has 0 saturated carbocycles. The Morgan fingerprint density at radius 1 is 1.19 bits per heavy atom.